The molecule has 0 saturated carbocycles. The molecule has 7 nitrogen and oxygen atoms in total. The Balaban J connectivity index is 1.69. The van der Waals surface area contributed by atoms with Gasteiger partial charge in [-0.1, -0.05) is 0 Å². The molecule has 1 fully saturated rings. The molecule has 1 aliphatic heterocycles. The van der Waals surface area contributed by atoms with Gasteiger partial charge >= 0.3 is 0 Å². The number of amides is 3. The van der Waals surface area contributed by atoms with Crippen LogP contribution >= 0.6 is 0 Å². The molecule has 1 unspecified atom stereocenters. The van der Waals surface area contributed by atoms with E-state index in [0.717, 1.165) is 12.8 Å². The molecule has 1 aromatic rings. The molecule has 0 bridgehead atoms. The predicted octanol–water partition coefficient (Wildman–Crippen LogP) is 0.649. The van der Waals surface area contributed by atoms with Crippen molar-refractivity contribution in [3.05, 3.63) is 35.6 Å². The number of halogens is 1. The van der Waals surface area contributed by atoms with Gasteiger partial charge in [-0.05, 0) is 43.5 Å². The van der Waals surface area contributed by atoms with Crippen LogP contribution in [0.25, 0.3) is 0 Å². The highest BCUT2D eigenvalue weighted by atomic mass is 19.1. The lowest BCUT2D eigenvalue weighted by Crippen LogP contribution is -2.46. The topological polar surface area (TPSA) is 105 Å². The second-order valence-electron chi connectivity index (χ2n) is 6.62. The molecule has 0 spiro atoms. The summed E-state index contributed by atoms with van der Waals surface area (Å²) in [6.45, 7) is 2.27. The second kappa shape index (κ2) is 10.6. The second-order valence-corrected chi connectivity index (χ2v) is 6.62. The minimum atomic E-state index is -0.395. The molecule has 0 radical (unpaired) electrons. The molecule has 2 rings (SSSR count). The van der Waals surface area contributed by atoms with Crippen LogP contribution in [-0.2, 0) is 9.59 Å². The molecule has 1 aliphatic rings. The van der Waals surface area contributed by atoms with Crippen LogP contribution in [0.2, 0.25) is 0 Å². The zero-order valence-electron chi connectivity index (χ0n) is 15.4. The van der Waals surface area contributed by atoms with Crippen molar-refractivity contribution in [2.45, 2.75) is 25.7 Å². The fourth-order valence-electron chi connectivity index (χ4n) is 3.06. The summed E-state index contributed by atoms with van der Waals surface area (Å²) in [4.78, 5) is 38.0. The highest BCUT2D eigenvalue weighted by molar-refractivity contribution is 5.94. The van der Waals surface area contributed by atoms with Crippen LogP contribution in [0.5, 0.6) is 0 Å². The quantitative estimate of drug-likeness (QED) is 0.578. The third-order valence-corrected chi connectivity index (χ3v) is 4.55. The van der Waals surface area contributed by atoms with E-state index in [1.165, 1.54) is 24.3 Å². The first-order valence-corrected chi connectivity index (χ1v) is 9.30. The monoisotopic (exact) mass is 378 g/mol. The maximum Gasteiger partial charge on any atom is 0.251 e. The SMILES string of the molecule is NCCNC(=O)C1CCCN(C(=O)CCCNC(=O)c2ccc(F)cc2)C1. The minimum absolute atomic E-state index is 0.0117. The normalized spacial score (nSPS) is 16.7. The molecule has 8 heteroatoms. The van der Waals surface area contributed by atoms with E-state index in [-0.39, 0.29) is 23.6 Å². The van der Waals surface area contributed by atoms with Crippen LogP contribution in [0.3, 0.4) is 0 Å². The number of rotatable bonds is 8. The first kappa shape index (κ1) is 20.8. The average Bonchev–Trinajstić information content (AvgIpc) is 2.69. The number of nitrogens with one attached hydrogen (secondary N) is 2. The Hall–Kier alpha value is -2.48. The lowest BCUT2D eigenvalue weighted by atomic mass is 9.96. The standard InChI is InChI=1S/C19H27FN4O3/c20-16-7-5-14(6-8-16)18(26)22-10-1-4-17(25)24-12-2-3-15(13-24)19(27)23-11-9-21/h5-8,15H,1-4,9-13,21H2,(H,22,26)(H,23,27). The number of nitrogens with two attached hydrogens (primary N) is 1. The van der Waals surface area contributed by atoms with Gasteiger partial charge in [0.2, 0.25) is 11.8 Å². The van der Waals surface area contributed by atoms with Crippen LogP contribution < -0.4 is 16.4 Å². The molecule has 148 valence electrons. The van der Waals surface area contributed by atoms with Gasteiger partial charge in [0, 0.05) is 44.7 Å². The Morgan fingerprint density at radius 3 is 2.59 bits per heavy atom. The summed E-state index contributed by atoms with van der Waals surface area (Å²) in [6, 6.07) is 5.29. The van der Waals surface area contributed by atoms with E-state index in [1.807, 2.05) is 0 Å². The molecular weight excluding hydrogens is 351 g/mol. The van der Waals surface area contributed by atoms with E-state index in [9.17, 15) is 18.8 Å². The zero-order valence-corrected chi connectivity index (χ0v) is 15.4. The third-order valence-electron chi connectivity index (χ3n) is 4.55. The average molecular weight is 378 g/mol. The molecule has 1 saturated heterocycles. The number of hydrogen-bond acceptors (Lipinski definition) is 4. The third kappa shape index (κ3) is 6.63. The number of nitrogens with zero attached hydrogens (tertiary/aromatic N) is 1. The Kier molecular flexibility index (Phi) is 8.19. The molecule has 3 amide bonds. The van der Waals surface area contributed by atoms with Crippen molar-refractivity contribution in [2.75, 3.05) is 32.7 Å². The van der Waals surface area contributed by atoms with E-state index in [4.69, 9.17) is 5.73 Å². The van der Waals surface area contributed by atoms with Crippen LogP contribution in [0.1, 0.15) is 36.0 Å². The molecule has 1 atom stereocenters. The summed E-state index contributed by atoms with van der Waals surface area (Å²) < 4.78 is 12.9. The summed E-state index contributed by atoms with van der Waals surface area (Å²) in [5, 5.41) is 5.49. The van der Waals surface area contributed by atoms with Gasteiger partial charge in [-0.3, -0.25) is 14.4 Å². The Morgan fingerprint density at radius 2 is 1.89 bits per heavy atom. The van der Waals surface area contributed by atoms with E-state index >= 15 is 0 Å². The maximum absolute atomic E-state index is 12.9. The van der Waals surface area contributed by atoms with Gasteiger partial charge in [0.1, 0.15) is 5.82 Å². The van der Waals surface area contributed by atoms with Gasteiger partial charge in [-0.15, -0.1) is 0 Å². The molecule has 27 heavy (non-hydrogen) atoms. The lowest BCUT2D eigenvalue weighted by molar-refractivity contribution is -0.135. The van der Waals surface area contributed by atoms with Crippen molar-refractivity contribution in [1.82, 2.24) is 15.5 Å². The van der Waals surface area contributed by atoms with Crippen molar-refractivity contribution in [1.29, 1.82) is 0 Å². The number of hydrogen-bond donors (Lipinski definition) is 3. The summed E-state index contributed by atoms with van der Waals surface area (Å²) in [7, 11) is 0. The zero-order chi connectivity index (χ0) is 19.6. The molecule has 1 heterocycles. The summed E-state index contributed by atoms with van der Waals surface area (Å²) in [5.74, 6) is -0.940. The van der Waals surface area contributed by atoms with Gasteiger partial charge in [-0.25, -0.2) is 4.39 Å². The fraction of sp³-hybridized carbons (Fsp3) is 0.526. The smallest absolute Gasteiger partial charge is 0.251 e. The van der Waals surface area contributed by atoms with Crippen LogP contribution in [-0.4, -0.2) is 55.3 Å². The van der Waals surface area contributed by atoms with Crippen LogP contribution in [0, 0.1) is 11.7 Å². The Morgan fingerprint density at radius 1 is 1.15 bits per heavy atom. The van der Waals surface area contributed by atoms with Crippen LogP contribution in [0.4, 0.5) is 4.39 Å². The number of likely N-dealkylation sites (tertiary alicyclic amines) is 1. The van der Waals surface area contributed by atoms with E-state index in [1.54, 1.807) is 4.90 Å². The summed E-state index contributed by atoms with van der Waals surface area (Å²) in [5.41, 5.74) is 5.77. The van der Waals surface area contributed by atoms with Gasteiger partial charge in [0.25, 0.3) is 5.91 Å². The van der Waals surface area contributed by atoms with Gasteiger partial charge < -0.3 is 21.3 Å². The van der Waals surface area contributed by atoms with Crippen LogP contribution in [0.15, 0.2) is 24.3 Å². The number of benzene rings is 1. The molecule has 4 N–H and O–H groups in total. The summed E-state index contributed by atoms with van der Waals surface area (Å²) in [6.07, 6.45) is 2.38. The Labute approximate surface area is 158 Å². The first-order chi connectivity index (χ1) is 13.0. The number of piperidine rings is 1. The van der Waals surface area contributed by atoms with Gasteiger partial charge in [-0.2, -0.15) is 0 Å². The number of carbonyl (C=O) groups excluding carboxylic acids is 3. The minimum Gasteiger partial charge on any atom is -0.355 e. The fourth-order valence-corrected chi connectivity index (χ4v) is 3.06. The number of carbonyl (C=O) groups is 3. The molecule has 0 aliphatic carbocycles. The van der Waals surface area contributed by atoms with Gasteiger partial charge in [0.15, 0.2) is 0 Å². The van der Waals surface area contributed by atoms with Crippen molar-refractivity contribution in [3.8, 4) is 0 Å². The van der Waals surface area contributed by atoms with Crippen molar-refractivity contribution >= 4 is 17.7 Å². The highest BCUT2D eigenvalue weighted by Crippen LogP contribution is 2.17. The summed E-state index contributed by atoms with van der Waals surface area (Å²) >= 11 is 0. The van der Waals surface area contributed by atoms with Crippen molar-refractivity contribution in [3.63, 3.8) is 0 Å². The molecule has 0 aromatic heterocycles. The Bertz CT molecular complexity index is 651. The largest absolute Gasteiger partial charge is 0.355 e. The molecule has 1 aromatic carbocycles. The van der Waals surface area contributed by atoms with E-state index in [0.29, 0.717) is 51.1 Å². The van der Waals surface area contributed by atoms with Gasteiger partial charge in [0.05, 0.1) is 5.92 Å². The maximum atomic E-state index is 12.9. The van der Waals surface area contributed by atoms with Crippen molar-refractivity contribution < 1.29 is 18.8 Å². The van der Waals surface area contributed by atoms with Crippen molar-refractivity contribution in [2.24, 2.45) is 11.7 Å². The van der Waals surface area contributed by atoms with E-state index < -0.39 is 5.82 Å². The predicted molar refractivity (Wildman–Crippen MR) is 99.3 cm³/mol. The molecular formula is C19H27FN4O3. The van der Waals surface area contributed by atoms with E-state index in [2.05, 4.69) is 10.6 Å². The highest BCUT2D eigenvalue weighted by Gasteiger charge is 2.27. The first-order valence-electron chi connectivity index (χ1n) is 9.30. The lowest BCUT2D eigenvalue weighted by Gasteiger charge is -2.32.